The van der Waals surface area contributed by atoms with Crippen LogP contribution in [0.5, 0.6) is 0 Å². The summed E-state index contributed by atoms with van der Waals surface area (Å²) in [5.74, 6) is -0.434. The molecule has 3 nitrogen and oxygen atoms in total. The van der Waals surface area contributed by atoms with Gasteiger partial charge in [-0.1, -0.05) is 44.2 Å². The summed E-state index contributed by atoms with van der Waals surface area (Å²) >= 11 is 3.28. The van der Waals surface area contributed by atoms with Crippen LogP contribution in [0, 0.1) is 0 Å². The summed E-state index contributed by atoms with van der Waals surface area (Å²) in [5, 5.41) is 12.5. The molecular weight excluding hydrogens is 330 g/mol. The lowest BCUT2D eigenvalue weighted by Gasteiger charge is -2.12. The van der Waals surface area contributed by atoms with E-state index in [0.717, 1.165) is 5.56 Å². The van der Waals surface area contributed by atoms with Gasteiger partial charge in [0.2, 0.25) is 0 Å². The van der Waals surface area contributed by atoms with Gasteiger partial charge >= 0.3 is 5.97 Å². The Morgan fingerprint density at radius 2 is 1.86 bits per heavy atom. The molecule has 0 saturated heterocycles. The molecule has 21 heavy (non-hydrogen) atoms. The predicted octanol–water partition coefficient (Wildman–Crippen LogP) is 4.88. The zero-order valence-corrected chi connectivity index (χ0v) is 13.6. The van der Waals surface area contributed by atoms with Crippen molar-refractivity contribution in [3.8, 4) is 0 Å². The molecule has 0 fully saturated rings. The van der Waals surface area contributed by atoms with Crippen molar-refractivity contribution in [2.75, 3.05) is 5.32 Å². The molecule has 0 aliphatic carbocycles. The molecule has 0 aliphatic rings. The Kier molecular flexibility index (Phi) is 5.02. The van der Waals surface area contributed by atoms with E-state index < -0.39 is 5.97 Å². The molecule has 0 spiro atoms. The zero-order chi connectivity index (χ0) is 15.4. The Morgan fingerprint density at radius 1 is 1.19 bits per heavy atom. The van der Waals surface area contributed by atoms with Crippen LogP contribution in [0.15, 0.2) is 46.9 Å². The van der Waals surface area contributed by atoms with Crippen molar-refractivity contribution < 1.29 is 9.90 Å². The zero-order valence-electron chi connectivity index (χ0n) is 12.1. The molecule has 4 heteroatoms. The maximum absolute atomic E-state index is 11.3. The molecule has 2 N–H and O–H groups in total. The van der Waals surface area contributed by atoms with Crippen LogP contribution in [0.25, 0.3) is 0 Å². The monoisotopic (exact) mass is 347 g/mol. The Bertz CT molecular complexity index is 636. The van der Waals surface area contributed by atoms with Crippen molar-refractivity contribution in [3.63, 3.8) is 0 Å². The summed E-state index contributed by atoms with van der Waals surface area (Å²) in [5.41, 5.74) is 3.30. The number of carbonyl (C=O) groups is 1. The molecule has 0 saturated carbocycles. The van der Waals surface area contributed by atoms with Crippen LogP contribution in [0.2, 0.25) is 0 Å². The minimum atomic E-state index is -0.944. The van der Waals surface area contributed by atoms with Crippen molar-refractivity contribution >= 4 is 27.6 Å². The molecule has 0 unspecified atom stereocenters. The maximum Gasteiger partial charge on any atom is 0.338 e. The highest BCUT2D eigenvalue weighted by molar-refractivity contribution is 9.10. The molecule has 0 aromatic heterocycles. The van der Waals surface area contributed by atoms with Crippen molar-refractivity contribution in [3.05, 3.63) is 63.6 Å². The van der Waals surface area contributed by atoms with E-state index in [1.165, 1.54) is 5.56 Å². The van der Waals surface area contributed by atoms with Crippen molar-refractivity contribution in [2.45, 2.75) is 26.3 Å². The van der Waals surface area contributed by atoms with Gasteiger partial charge in [-0.25, -0.2) is 4.79 Å². The quantitative estimate of drug-likeness (QED) is 0.809. The first-order valence-corrected chi connectivity index (χ1v) is 7.63. The number of carboxylic acids is 1. The highest BCUT2D eigenvalue weighted by Gasteiger charge is 2.13. The molecule has 2 rings (SSSR count). The number of hydrogen-bond acceptors (Lipinski definition) is 2. The largest absolute Gasteiger partial charge is 0.478 e. The van der Waals surface area contributed by atoms with Crippen LogP contribution in [-0.4, -0.2) is 11.1 Å². The lowest BCUT2D eigenvalue weighted by Crippen LogP contribution is -2.07. The minimum absolute atomic E-state index is 0.260. The van der Waals surface area contributed by atoms with E-state index in [2.05, 4.69) is 59.4 Å². The minimum Gasteiger partial charge on any atom is -0.478 e. The van der Waals surface area contributed by atoms with E-state index in [1.807, 2.05) is 6.07 Å². The van der Waals surface area contributed by atoms with Gasteiger partial charge in [0.05, 0.1) is 11.3 Å². The number of halogens is 1. The number of nitrogens with one attached hydrogen (secondary N) is 1. The van der Waals surface area contributed by atoms with Gasteiger partial charge in [0, 0.05) is 11.0 Å². The number of aromatic carboxylic acids is 1. The number of anilines is 1. The first-order chi connectivity index (χ1) is 9.99. The average molecular weight is 348 g/mol. The summed E-state index contributed by atoms with van der Waals surface area (Å²) in [4.78, 5) is 11.3. The molecule has 0 bridgehead atoms. The van der Waals surface area contributed by atoms with Gasteiger partial charge in [0.15, 0.2) is 0 Å². The van der Waals surface area contributed by atoms with Crippen LogP contribution < -0.4 is 5.32 Å². The molecule has 0 radical (unpaired) electrons. The van der Waals surface area contributed by atoms with Gasteiger partial charge in [-0.15, -0.1) is 0 Å². The Hall–Kier alpha value is -1.81. The number of rotatable bonds is 5. The second-order valence-electron chi connectivity index (χ2n) is 5.22. The Morgan fingerprint density at radius 3 is 2.43 bits per heavy atom. The summed E-state index contributed by atoms with van der Waals surface area (Å²) in [7, 11) is 0. The smallest absolute Gasteiger partial charge is 0.338 e. The standard InChI is InChI=1S/C17H18BrNO2/c1-11(2)13-8-6-12(7-9-13)10-19-15-5-3-4-14(18)16(15)17(20)21/h3-9,11,19H,10H2,1-2H3,(H,20,21). The summed E-state index contributed by atoms with van der Waals surface area (Å²) in [6.45, 7) is 4.91. The summed E-state index contributed by atoms with van der Waals surface area (Å²) < 4.78 is 0.579. The van der Waals surface area contributed by atoms with Crippen molar-refractivity contribution in [2.24, 2.45) is 0 Å². The fourth-order valence-electron chi connectivity index (χ4n) is 2.11. The molecule has 0 heterocycles. The second kappa shape index (κ2) is 6.76. The van der Waals surface area contributed by atoms with Crippen LogP contribution in [0.1, 0.15) is 41.3 Å². The van der Waals surface area contributed by atoms with Crippen molar-refractivity contribution in [1.29, 1.82) is 0 Å². The third-order valence-corrected chi connectivity index (χ3v) is 4.02. The molecule has 0 atom stereocenters. The first kappa shape index (κ1) is 15.6. The fourth-order valence-corrected chi connectivity index (χ4v) is 2.64. The molecule has 110 valence electrons. The Labute approximate surface area is 133 Å². The van der Waals surface area contributed by atoms with E-state index in [-0.39, 0.29) is 5.56 Å². The molecule has 0 amide bonds. The average Bonchev–Trinajstić information content (AvgIpc) is 2.45. The Balaban J connectivity index is 2.13. The molecular formula is C17H18BrNO2. The molecule has 2 aromatic rings. The van der Waals surface area contributed by atoms with Gasteiger partial charge < -0.3 is 10.4 Å². The topological polar surface area (TPSA) is 49.3 Å². The van der Waals surface area contributed by atoms with Gasteiger partial charge in [-0.2, -0.15) is 0 Å². The first-order valence-electron chi connectivity index (χ1n) is 6.83. The number of hydrogen-bond donors (Lipinski definition) is 2. The summed E-state index contributed by atoms with van der Waals surface area (Å²) in [6.07, 6.45) is 0. The second-order valence-corrected chi connectivity index (χ2v) is 6.07. The van der Waals surface area contributed by atoms with E-state index in [9.17, 15) is 9.90 Å². The predicted molar refractivity (Wildman–Crippen MR) is 89.0 cm³/mol. The highest BCUT2D eigenvalue weighted by atomic mass is 79.9. The van der Waals surface area contributed by atoms with E-state index in [0.29, 0.717) is 22.6 Å². The summed E-state index contributed by atoms with van der Waals surface area (Å²) in [6, 6.07) is 13.7. The van der Waals surface area contributed by atoms with Crippen LogP contribution >= 0.6 is 15.9 Å². The molecule has 2 aromatic carbocycles. The van der Waals surface area contributed by atoms with E-state index >= 15 is 0 Å². The lowest BCUT2D eigenvalue weighted by atomic mass is 10.0. The maximum atomic E-state index is 11.3. The van der Waals surface area contributed by atoms with Crippen LogP contribution in [0.3, 0.4) is 0 Å². The third-order valence-electron chi connectivity index (χ3n) is 3.36. The van der Waals surface area contributed by atoms with Gasteiger partial charge in [-0.3, -0.25) is 0 Å². The van der Waals surface area contributed by atoms with Crippen LogP contribution in [0.4, 0.5) is 5.69 Å². The number of benzene rings is 2. The van der Waals surface area contributed by atoms with Crippen molar-refractivity contribution in [1.82, 2.24) is 0 Å². The molecule has 0 aliphatic heterocycles. The third kappa shape index (κ3) is 3.85. The normalized spacial score (nSPS) is 10.7. The SMILES string of the molecule is CC(C)c1ccc(CNc2cccc(Br)c2C(=O)O)cc1. The van der Waals surface area contributed by atoms with Gasteiger partial charge in [0.1, 0.15) is 0 Å². The van der Waals surface area contributed by atoms with Gasteiger partial charge in [-0.05, 0) is 45.1 Å². The highest BCUT2D eigenvalue weighted by Crippen LogP contribution is 2.25. The fraction of sp³-hybridized carbons (Fsp3) is 0.235. The van der Waals surface area contributed by atoms with Crippen LogP contribution in [-0.2, 0) is 6.54 Å². The van der Waals surface area contributed by atoms with Gasteiger partial charge in [0.25, 0.3) is 0 Å². The van der Waals surface area contributed by atoms with E-state index in [1.54, 1.807) is 12.1 Å². The number of carboxylic acid groups (broad SMARTS) is 1. The lowest BCUT2D eigenvalue weighted by molar-refractivity contribution is 0.0697. The van der Waals surface area contributed by atoms with E-state index in [4.69, 9.17) is 0 Å².